The number of hydrogen-bond donors (Lipinski definition) is 1. The zero-order chi connectivity index (χ0) is 22.5. The molecule has 0 aliphatic carbocycles. The van der Waals surface area contributed by atoms with Crippen molar-refractivity contribution in [2.45, 2.75) is 25.9 Å². The molecule has 1 amide bonds. The lowest BCUT2D eigenvalue weighted by Crippen LogP contribution is -2.49. The van der Waals surface area contributed by atoms with Gasteiger partial charge in [-0.05, 0) is 30.2 Å². The summed E-state index contributed by atoms with van der Waals surface area (Å²) in [6, 6.07) is 7.80. The van der Waals surface area contributed by atoms with E-state index in [4.69, 9.17) is 4.74 Å². The molecule has 0 spiro atoms. The number of carbonyl (C=O) groups is 1. The molecule has 2 aromatic rings. The van der Waals surface area contributed by atoms with Crippen LogP contribution in [-0.2, 0) is 21.4 Å². The molecule has 162 valence electrons. The number of sulfonamides is 1. The number of nitrogens with one attached hydrogen (secondary N) is 1. The second-order valence-corrected chi connectivity index (χ2v) is 8.30. The van der Waals surface area contributed by atoms with Gasteiger partial charge in [-0.1, -0.05) is 19.1 Å². The SMILES string of the molecule is CC[C@H](C(=O)NCc1ccc(F)cc1)N(c1cc([N+](=O)[O-])ccc1OC)S(C)(=O)=O. The maximum Gasteiger partial charge on any atom is 0.271 e. The Morgan fingerprint density at radius 2 is 1.90 bits per heavy atom. The molecular formula is C19H22FN3O6S. The van der Waals surface area contributed by atoms with E-state index in [-0.39, 0.29) is 30.1 Å². The molecule has 0 fully saturated rings. The Morgan fingerprint density at radius 1 is 1.27 bits per heavy atom. The van der Waals surface area contributed by atoms with Gasteiger partial charge in [-0.25, -0.2) is 12.8 Å². The van der Waals surface area contributed by atoms with E-state index in [9.17, 15) is 27.7 Å². The van der Waals surface area contributed by atoms with Crippen molar-refractivity contribution in [2.75, 3.05) is 17.7 Å². The topological polar surface area (TPSA) is 119 Å². The van der Waals surface area contributed by atoms with E-state index in [1.807, 2.05) is 0 Å². The van der Waals surface area contributed by atoms with Crippen LogP contribution in [-0.4, -0.2) is 38.7 Å². The maximum atomic E-state index is 13.0. The van der Waals surface area contributed by atoms with Gasteiger partial charge in [0.1, 0.15) is 23.3 Å². The molecule has 0 radical (unpaired) electrons. The number of methoxy groups -OCH3 is 1. The lowest BCUT2D eigenvalue weighted by atomic mass is 10.1. The Balaban J connectivity index is 2.41. The zero-order valence-electron chi connectivity index (χ0n) is 16.7. The van der Waals surface area contributed by atoms with Crippen molar-refractivity contribution in [3.8, 4) is 5.75 Å². The molecule has 1 atom stereocenters. The van der Waals surface area contributed by atoms with Crippen LogP contribution in [0.2, 0.25) is 0 Å². The summed E-state index contributed by atoms with van der Waals surface area (Å²) in [5.74, 6) is -0.964. The summed E-state index contributed by atoms with van der Waals surface area (Å²) in [5, 5.41) is 13.8. The van der Waals surface area contributed by atoms with Crippen LogP contribution in [0.15, 0.2) is 42.5 Å². The highest BCUT2D eigenvalue weighted by molar-refractivity contribution is 7.92. The van der Waals surface area contributed by atoms with Crippen molar-refractivity contribution >= 4 is 27.3 Å². The third kappa shape index (κ3) is 5.44. The van der Waals surface area contributed by atoms with Crippen molar-refractivity contribution in [3.63, 3.8) is 0 Å². The summed E-state index contributed by atoms with van der Waals surface area (Å²) in [7, 11) is -2.73. The number of hydrogen-bond acceptors (Lipinski definition) is 6. The average Bonchev–Trinajstić information content (AvgIpc) is 2.69. The van der Waals surface area contributed by atoms with E-state index in [1.54, 1.807) is 6.92 Å². The van der Waals surface area contributed by atoms with Gasteiger partial charge < -0.3 is 10.1 Å². The molecule has 0 saturated heterocycles. The van der Waals surface area contributed by atoms with Crippen LogP contribution >= 0.6 is 0 Å². The highest BCUT2D eigenvalue weighted by Gasteiger charge is 2.34. The minimum absolute atomic E-state index is 0.0548. The van der Waals surface area contributed by atoms with Gasteiger partial charge in [0.05, 0.1) is 18.3 Å². The first-order valence-electron chi connectivity index (χ1n) is 8.92. The molecule has 2 rings (SSSR count). The lowest BCUT2D eigenvalue weighted by Gasteiger charge is -2.31. The van der Waals surface area contributed by atoms with Crippen molar-refractivity contribution in [1.82, 2.24) is 5.32 Å². The Hall–Kier alpha value is -3.21. The predicted molar refractivity (Wildman–Crippen MR) is 109 cm³/mol. The summed E-state index contributed by atoms with van der Waals surface area (Å²) < 4.78 is 44.2. The van der Waals surface area contributed by atoms with Gasteiger partial charge in [-0.15, -0.1) is 0 Å². The van der Waals surface area contributed by atoms with Crippen LogP contribution in [0.5, 0.6) is 5.75 Å². The molecule has 9 nitrogen and oxygen atoms in total. The number of nitro groups is 1. The largest absolute Gasteiger partial charge is 0.495 e. The van der Waals surface area contributed by atoms with E-state index >= 15 is 0 Å². The van der Waals surface area contributed by atoms with Gasteiger partial charge in [0, 0.05) is 18.7 Å². The van der Waals surface area contributed by atoms with E-state index in [2.05, 4.69) is 5.32 Å². The van der Waals surface area contributed by atoms with Gasteiger partial charge in [-0.2, -0.15) is 0 Å². The summed E-state index contributed by atoms with van der Waals surface area (Å²) in [4.78, 5) is 23.3. The molecule has 0 aromatic heterocycles. The van der Waals surface area contributed by atoms with Gasteiger partial charge >= 0.3 is 0 Å². The van der Waals surface area contributed by atoms with E-state index in [1.165, 1.54) is 43.5 Å². The number of anilines is 1. The van der Waals surface area contributed by atoms with E-state index < -0.39 is 32.7 Å². The number of non-ortho nitro benzene ring substituents is 1. The quantitative estimate of drug-likeness (QED) is 0.474. The van der Waals surface area contributed by atoms with Crippen LogP contribution in [0.25, 0.3) is 0 Å². The standard InChI is InChI=1S/C19H22FN3O6S/c1-4-16(19(24)21-12-13-5-7-14(20)8-6-13)22(30(3,27)28)17-11-15(23(25)26)9-10-18(17)29-2/h5-11,16H,4,12H2,1-3H3,(H,21,24)/t16-/m1/s1. The maximum absolute atomic E-state index is 13.0. The molecule has 0 heterocycles. The Labute approximate surface area is 173 Å². The smallest absolute Gasteiger partial charge is 0.271 e. The summed E-state index contributed by atoms with van der Waals surface area (Å²) in [5.41, 5.74) is 0.164. The Kier molecular flexibility index (Phi) is 7.33. The summed E-state index contributed by atoms with van der Waals surface area (Å²) in [6.07, 6.45) is 0.995. The molecule has 11 heteroatoms. The molecule has 0 aliphatic heterocycles. The number of halogens is 1. The second-order valence-electron chi connectivity index (χ2n) is 6.44. The monoisotopic (exact) mass is 439 g/mol. The molecule has 0 saturated carbocycles. The number of carbonyl (C=O) groups excluding carboxylic acids is 1. The molecule has 0 unspecified atom stereocenters. The number of rotatable bonds is 9. The number of benzene rings is 2. The van der Waals surface area contributed by atoms with Crippen molar-refractivity contribution < 1.29 is 27.3 Å². The number of amides is 1. The highest BCUT2D eigenvalue weighted by Crippen LogP contribution is 2.35. The number of ether oxygens (including phenoxy) is 1. The molecule has 0 aliphatic rings. The van der Waals surface area contributed by atoms with E-state index in [0.717, 1.165) is 16.6 Å². The first-order chi connectivity index (χ1) is 14.1. The van der Waals surface area contributed by atoms with Crippen molar-refractivity contribution in [2.24, 2.45) is 0 Å². The summed E-state index contributed by atoms with van der Waals surface area (Å²) in [6.45, 7) is 1.67. The van der Waals surface area contributed by atoms with Gasteiger partial charge in [-0.3, -0.25) is 19.2 Å². The fourth-order valence-corrected chi connectivity index (χ4v) is 4.12. The summed E-state index contributed by atoms with van der Waals surface area (Å²) >= 11 is 0. The lowest BCUT2D eigenvalue weighted by molar-refractivity contribution is -0.384. The predicted octanol–water partition coefficient (Wildman–Crippen LogP) is 2.60. The van der Waals surface area contributed by atoms with Crippen LogP contribution in [0.4, 0.5) is 15.8 Å². The number of nitrogens with zero attached hydrogens (tertiary/aromatic N) is 2. The van der Waals surface area contributed by atoms with Gasteiger partial charge in [0.25, 0.3) is 5.69 Å². The third-order valence-corrected chi connectivity index (χ3v) is 5.49. The molecule has 30 heavy (non-hydrogen) atoms. The van der Waals surface area contributed by atoms with E-state index in [0.29, 0.717) is 5.56 Å². The Morgan fingerprint density at radius 3 is 2.40 bits per heavy atom. The molecule has 0 bridgehead atoms. The van der Waals surface area contributed by atoms with Crippen molar-refractivity contribution in [1.29, 1.82) is 0 Å². The molecule has 2 aromatic carbocycles. The van der Waals surface area contributed by atoms with Gasteiger partial charge in [0.2, 0.25) is 15.9 Å². The highest BCUT2D eigenvalue weighted by atomic mass is 32.2. The first-order valence-corrected chi connectivity index (χ1v) is 10.8. The fraction of sp³-hybridized carbons (Fsp3) is 0.316. The zero-order valence-corrected chi connectivity index (χ0v) is 17.5. The van der Waals surface area contributed by atoms with Crippen LogP contribution in [0.3, 0.4) is 0 Å². The van der Waals surface area contributed by atoms with Gasteiger partial charge in [0.15, 0.2) is 0 Å². The van der Waals surface area contributed by atoms with Crippen molar-refractivity contribution in [3.05, 3.63) is 64.0 Å². The van der Waals surface area contributed by atoms with Crippen LogP contribution in [0, 0.1) is 15.9 Å². The fourth-order valence-electron chi connectivity index (χ4n) is 2.91. The minimum atomic E-state index is -4.02. The minimum Gasteiger partial charge on any atom is -0.495 e. The normalized spacial score (nSPS) is 12.1. The molecule has 1 N–H and O–H groups in total. The van der Waals surface area contributed by atoms with Crippen LogP contribution in [0.1, 0.15) is 18.9 Å². The average molecular weight is 439 g/mol. The van der Waals surface area contributed by atoms with Crippen LogP contribution < -0.4 is 14.4 Å². The Bertz CT molecular complexity index is 1030. The second kappa shape index (κ2) is 9.53. The number of nitro benzene ring substituents is 1. The molecular weight excluding hydrogens is 417 g/mol. The first kappa shape index (κ1) is 23.1. The third-order valence-electron chi connectivity index (χ3n) is 4.32.